The summed E-state index contributed by atoms with van der Waals surface area (Å²) < 4.78 is 17.3. The number of anilines is 1. The quantitative estimate of drug-likeness (QED) is 0.645. The predicted molar refractivity (Wildman–Crippen MR) is 72.2 cm³/mol. The van der Waals surface area contributed by atoms with Crippen molar-refractivity contribution in [3.63, 3.8) is 0 Å². The summed E-state index contributed by atoms with van der Waals surface area (Å²) in [6, 6.07) is 1.38. The van der Waals surface area contributed by atoms with Gasteiger partial charge in [-0.2, -0.15) is 4.98 Å². The van der Waals surface area contributed by atoms with Gasteiger partial charge in [-0.1, -0.05) is 0 Å². The maximum absolute atomic E-state index is 11.8. The van der Waals surface area contributed by atoms with Gasteiger partial charge in [0.15, 0.2) is 0 Å². The summed E-state index contributed by atoms with van der Waals surface area (Å²) in [6.07, 6.45) is 2.66. The molecule has 0 bridgehead atoms. The third-order valence-electron chi connectivity index (χ3n) is 3.70. The van der Waals surface area contributed by atoms with Gasteiger partial charge in [-0.3, -0.25) is 9.13 Å². The van der Waals surface area contributed by atoms with E-state index in [0.717, 1.165) is 12.8 Å². The summed E-state index contributed by atoms with van der Waals surface area (Å²) in [4.78, 5) is 33.0. The molecular formula is C11H18N3O5P. The molecule has 0 amide bonds. The number of rotatable bonds is 6. The number of hydrogen-bond donors (Lipinski definition) is 3. The van der Waals surface area contributed by atoms with Gasteiger partial charge >= 0.3 is 13.3 Å². The minimum Gasteiger partial charge on any atom is -0.383 e. The van der Waals surface area contributed by atoms with Crippen LogP contribution in [0.4, 0.5) is 5.82 Å². The molecule has 0 aliphatic heterocycles. The lowest BCUT2D eigenvalue weighted by Gasteiger charge is -2.25. The van der Waals surface area contributed by atoms with Crippen LogP contribution in [0.15, 0.2) is 17.1 Å². The molecule has 20 heavy (non-hydrogen) atoms. The molecule has 1 aliphatic rings. The molecule has 0 spiro atoms. The number of nitrogen functional groups attached to an aromatic ring is 1. The van der Waals surface area contributed by atoms with Crippen molar-refractivity contribution in [2.24, 2.45) is 5.41 Å². The molecule has 112 valence electrons. The summed E-state index contributed by atoms with van der Waals surface area (Å²) in [5.74, 6) is 0.168. The Kier molecular flexibility index (Phi) is 4.02. The van der Waals surface area contributed by atoms with Crippen LogP contribution >= 0.6 is 7.60 Å². The number of nitrogens with zero attached hydrogens (tertiary/aromatic N) is 2. The van der Waals surface area contributed by atoms with Gasteiger partial charge in [0, 0.05) is 17.7 Å². The van der Waals surface area contributed by atoms with Crippen molar-refractivity contribution >= 4 is 13.4 Å². The van der Waals surface area contributed by atoms with Gasteiger partial charge < -0.3 is 20.3 Å². The topological polar surface area (TPSA) is 128 Å². The van der Waals surface area contributed by atoms with E-state index >= 15 is 0 Å². The summed E-state index contributed by atoms with van der Waals surface area (Å²) in [5.41, 5.74) is 4.75. The van der Waals surface area contributed by atoms with Crippen molar-refractivity contribution in [2.75, 3.05) is 18.7 Å². The van der Waals surface area contributed by atoms with Gasteiger partial charge in [0.05, 0.1) is 6.61 Å². The minimum absolute atomic E-state index is 0.167. The Balaban J connectivity index is 2.06. The first kappa shape index (κ1) is 15.2. The van der Waals surface area contributed by atoms with Crippen LogP contribution in [-0.4, -0.2) is 32.3 Å². The first-order chi connectivity index (χ1) is 9.23. The Labute approximate surface area is 115 Å². The van der Waals surface area contributed by atoms with Gasteiger partial charge in [0.2, 0.25) is 0 Å². The Morgan fingerprint density at radius 3 is 2.75 bits per heavy atom. The first-order valence-electron chi connectivity index (χ1n) is 6.20. The van der Waals surface area contributed by atoms with Gasteiger partial charge in [0.1, 0.15) is 12.2 Å². The van der Waals surface area contributed by atoms with Gasteiger partial charge in [-0.05, 0) is 25.8 Å². The Morgan fingerprint density at radius 2 is 2.25 bits per heavy atom. The maximum atomic E-state index is 11.8. The van der Waals surface area contributed by atoms with E-state index in [2.05, 4.69) is 4.98 Å². The van der Waals surface area contributed by atoms with E-state index in [1.165, 1.54) is 4.57 Å². The van der Waals surface area contributed by atoms with Crippen molar-refractivity contribution in [2.45, 2.75) is 25.8 Å². The summed E-state index contributed by atoms with van der Waals surface area (Å²) in [7, 11) is -4.16. The van der Waals surface area contributed by atoms with Crippen LogP contribution in [0, 0.1) is 5.41 Å². The molecule has 2 rings (SSSR count). The van der Waals surface area contributed by atoms with Gasteiger partial charge in [-0.15, -0.1) is 0 Å². The normalized spacial score (nSPS) is 18.8. The lowest BCUT2D eigenvalue weighted by molar-refractivity contribution is 0.0876. The monoisotopic (exact) mass is 303 g/mol. The van der Waals surface area contributed by atoms with Crippen LogP contribution in [-0.2, 0) is 9.30 Å². The molecule has 0 aromatic carbocycles. The van der Waals surface area contributed by atoms with Crippen LogP contribution in [0.1, 0.15) is 25.8 Å². The van der Waals surface area contributed by atoms with Crippen LogP contribution in [0.25, 0.3) is 0 Å². The molecule has 1 unspecified atom stereocenters. The second-order valence-electron chi connectivity index (χ2n) is 5.22. The molecular weight excluding hydrogens is 285 g/mol. The highest BCUT2D eigenvalue weighted by Gasteiger charge is 2.49. The van der Waals surface area contributed by atoms with Crippen LogP contribution < -0.4 is 11.4 Å². The van der Waals surface area contributed by atoms with E-state index in [1.54, 1.807) is 12.3 Å². The SMILES string of the molecule is CC(n1ccc(N)nc1=O)C1(COCP(=O)(O)O)CC1. The van der Waals surface area contributed by atoms with Crippen molar-refractivity contribution in [3.05, 3.63) is 22.7 Å². The van der Waals surface area contributed by atoms with E-state index in [0.29, 0.717) is 0 Å². The van der Waals surface area contributed by atoms with E-state index < -0.39 is 19.6 Å². The second kappa shape index (κ2) is 5.29. The number of aromatic nitrogens is 2. The summed E-state index contributed by atoms with van der Waals surface area (Å²) in [6.45, 7) is 2.07. The van der Waals surface area contributed by atoms with E-state index in [9.17, 15) is 9.36 Å². The molecule has 1 heterocycles. The molecule has 1 aliphatic carbocycles. The number of ether oxygens (including phenoxy) is 1. The molecule has 1 saturated carbocycles. The second-order valence-corrected chi connectivity index (χ2v) is 6.81. The van der Waals surface area contributed by atoms with Crippen LogP contribution in [0.3, 0.4) is 0 Å². The minimum atomic E-state index is -4.16. The zero-order chi connectivity index (χ0) is 15.0. The molecule has 1 atom stereocenters. The first-order valence-corrected chi connectivity index (χ1v) is 8.00. The van der Waals surface area contributed by atoms with E-state index in [4.69, 9.17) is 20.3 Å². The maximum Gasteiger partial charge on any atom is 0.350 e. The van der Waals surface area contributed by atoms with E-state index in [-0.39, 0.29) is 23.9 Å². The number of hydrogen-bond acceptors (Lipinski definition) is 5. The average Bonchev–Trinajstić information content (AvgIpc) is 3.07. The third-order valence-corrected chi connectivity index (χ3v) is 4.22. The summed E-state index contributed by atoms with van der Waals surface area (Å²) in [5, 5.41) is 0. The zero-order valence-electron chi connectivity index (χ0n) is 11.1. The highest BCUT2D eigenvalue weighted by molar-refractivity contribution is 7.51. The van der Waals surface area contributed by atoms with E-state index in [1.807, 2.05) is 6.92 Å². The number of nitrogens with two attached hydrogens (primary N) is 1. The van der Waals surface area contributed by atoms with Crippen molar-refractivity contribution in [1.82, 2.24) is 9.55 Å². The lowest BCUT2D eigenvalue weighted by Crippen LogP contribution is -2.32. The lowest BCUT2D eigenvalue weighted by atomic mass is 9.99. The van der Waals surface area contributed by atoms with Gasteiger partial charge in [-0.25, -0.2) is 4.79 Å². The molecule has 1 aromatic rings. The van der Waals surface area contributed by atoms with Crippen molar-refractivity contribution in [3.8, 4) is 0 Å². The molecule has 1 aromatic heterocycles. The Hall–Kier alpha value is -1.21. The Morgan fingerprint density at radius 1 is 1.60 bits per heavy atom. The fraction of sp³-hybridized carbons (Fsp3) is 0.636. The van der Waals surface area contributed by atoms with Crippen molar-refractivity contribution < 1.29 is 19.1 Å². The molecule has 9 heteroatoms. The standard InChI is InChI=1S/C11H18N3O5P/c1-8(14-5-2-9(12)13-10(14)15)11(3-4-11)6-19-7-20(16,17)18/h2,5,8H,3-4,6-7H2,1H3,(H2,12,13,15)(H2,16,17,18). The Bertz CT molecular complexity index is 592. The molecule has 0 saturated heterocycles. The van der Waals surface area contributed by atoms with Crippen molar-refractivity contribution in [1.29, 1.82) is 0 Å². The average molecular weight is 303 g/mol. The zero-order valence-corrected chi connectivity index (χ0v) is 12.0. The molecule has 4 N–H and O–H groups in total. The van der Waals surface area contributed by atoms with Gasteiger partial charge in [0.25, 0.3) is 0 Å². The summed E-state index contributed by atoms with van der Waals surface area (Å²) >= 11 is 0. The predicted octanol–water partition coefficient (Wildman–Crippen LogP) is 0.319. The van der Waals surface area contributed by atoms with Crippen LogP contribution in [0.5, 0.6) is 0 Å². The smallest absolute Gasteiger partial charge is 0.350 e. The van der Waals surface area contributed by atoms with Crippen LogP contribution in [0.2, 0.25) is 0 Å². The molecule has 0 radical (unpaired) electrons. The molecule has 8 nitrogen and oxygen atoms in total. The highest BCUT2D eigenvalue weighted by Crippen LogP contribution is 2.54. The fourth-order valence-corrected chi connectivity index (χ4v) is 2.56. The largest absolute Gasteiger partial charge is 0.383 e. The highest BCUT2D eigenvalue weighted by atomic mass is 31.2. The third kappa shape index (κ3) is 3.46. The fourth-order valence-electron chi connectivity index (χ4n) is 2.23. The molecule has 1 fully saturated rings.